The Bertz CT molecular complexity index is 686. The van der Waals surface area contributed by atoms with E-state index in [2.05, 4.69) is 25.7 Å². The third-order valence-electron chi connectivity index (χ3n) is 3.37. The first-order chi connectivity index (χ1) is 11.5. The van der Waals surface area contributed by atoms with Gasteiger partial charge in [-0.2, -0.15) is 0 Å². The molecule has 0 bridgehead atoms. The van der Waals surface area contributed by atoms with Crippen molar-refractivity contribution in [2.75, 3.05) is 44.9 Å². The number of methoxy groups -OCH3 is 1. The molecule has 1 heterocycles. The number of benzene rings is 1. The van der Waals surface area contributed by atoms with Crippen molar-refractivity contribution in [1.29, 1.82) is 0 Å². The summed E-state index contributed by atoms with van der Waals surface area (Å²) in [6.07, 6.45) is 0. The lowest BCUT2D eigenvalue weighted by Crippen LogP contribution is -2.21. The summed E-state index contributed by atoms with van der Waals surface area (Å²) in [5, 5.41) is 14.0. The number of nitrogens with one attached hydrogen (secondary N) is 2. The zero-order valence-corrected chi connectivity index (χ0v) is 14.5. The molecular weight excluding hydrogens is 306 g/mol. The first-order valence-electron chi connectivity index (χ1n) is 7.68. The summed E-state index contributed by atoms with van der Waals surface area (Å²) in [5.41, 5.74) is 1.88. The van der Waals surface area contributed by atoms with E-state index >= 15 is 0 Å². The minimum atomic E-state index is -0.328. The van der Waals surface area contributed by atoms with Crippen LogP contribution in [0, 0.1) is 6.92 Å². The zero-order valence-electron chi connectivity index (χ0n) is 14.5. The predicted octanol–water partition coefficient (Wildman–Crippen LogP) is 2.02. The molecule has 24 heavy (non-hydrogen) atoms. The van der Waals surface area contributed by atoms with E-state index in [1.807, 2.05) is 39.2 Å². The average Bonchev–Trinajstić information content (AvgIpc) is 2.55. The summed E-state index contributed by atoms with van der Waals surface area (Å²) >= 11 is 0. The summed E-state index contributed by atoms with van der Waals surface area (Å²) < 4.78 is 5.26. The van der Waals surface area contributed by atoms with Gasteiger partial charge in [-0.3, -0.25) is 4.79 Å². The summed E-state index contributed by atoms with van der Waals surface area (Å²) in [6.45, 7) is 3.59. The fourth-order valence-corrected chi connectivity index (χ4v) is 2.06. The van der Waals surface area contributed by atoms with E-state index in [9.17, 15) is 4.79 Å². The molecule has 2 rings (SSSR count). The molecule has 0 aliphatic heterocycles. The number of carbonyl (C=O) groups is 1. The van der Waals surface area contributed by atoms with Crippen LogP contribution in [-0.4, -0.2) is 55.3 Å². The van der Waals surface area contributed by atoms with E-state index in [1.165, 1.54) is 0 Å². The lowest BCUT2D eigenvalue weighted by molar-refractivity contribution is 0.102. The van der Waals surface area contributed by atoms with Gasteiger partial charge in [-0.25, -0.2) is 0 Å². The molecule has 0 radical (unpaired) electrons. The molecule has 7 nitrogen and oxygen atoms in total. The summed E-state index contributed by atoms with van der Waals surface area (Å²) in [6, 6.07) is 8.96. The van der Waals surface area contributed by atoms with Crippen molar-refractivity contribution in [1.82, 2.24) is 15.1 Å². The van der Waals surface area contributed by atoms with Crippen LogP contribution in [-0.2, 0) is 0 Å². The van der Waals surface area contributed by atoms with E-state index in [0.29, 0.717) is 17.3 Å². The van der Waals surface area contributed by atoms with Gasteiger partial charge in [0.25, 0.3) is 5.91 Å². The Morgan fingerprint density at radius 3 is 2.62 bits per heavy atom. The lowest BCUT2D eigenvalue weighted by atomic mass is 10.2. The number of likely N-dealkylation sites (N-methyl/N-ethyl adjacent to an activating group) is 1. The highest BCUT2D eigenvalue weighted by atomic mass is 16.5. The Kier molecular flexibility index (Phi) is 6.08. The molecule has 0 saturated carbocycles. The van der Waals surface area contributed by atoms with Gasteiger partial charge in [-0.1, -0.05) is 6.07 Å². The molecule has 0 fully saturated rings. The van der Waals surface area contributed by atoms with Crippen molar-refractivity contribution >= 4 is 17.4 Å². The maximum absolute atomic E-state index is 12.3. The summed E-state index contributed by atoms with van der Waals surface area (Å²) in [7, 11) is 5.56. The van der Waals surface area contributed by atoms with Crippen LogP contribution in [0.3, 0.4) is 0 Å². The topological polar surface area (TPSA) is 79.4 Å². The molecule has 1 amide bonds. The van der Waals surface area contributed by atoms with Crippen LogP contribution < -0.4 is 15.4 Å². The number of ether oxygens (including phenoxy) is 1. The molecule has 0 unspecified atom stereocenters. The maximum Gasteiger partial charge on any atom is 0.276 e. The monoisotopic (exact) mass is 329 g/mol. The number of nitrogens with zero attached hydrogens (tertiary/aromatic N) is 3. The number of amides is 1. The molecule has 0 aliphatic rings. The number of aromatic nitrogens is 2. The van der Waals surface area contributed by atoms with Crippen LogP contribution in [0.4, 0.5) is 11.5 Å². The van der Waals surface area contributed by atoms with E-state index in [1.54, 1.807) is 19.2 Å². The van der Waals surface area contributed by atoms with Crippen LogP contribution >= 0.6 is 0 Å². The molecule has 0 spiro atoms. The minimum Gasteiger partial charge on any atom is -0.495 e. The third kappa shape index (κ3) is 4.92. The van der Waals surface area contributed by atoms with E-state index in [0.717, 1.165) is 18.7 Å². The largest absolute Gasteiger partial charge is 0.495 e. The Labute approximate surface area is 142 Å². The smallest absolute Gasteiger partial charge is 0.276 e. The molecule has 0 aliphatic carbocycles. The molecule has 7 heteroatoms. The number of hydrogen-bond donors (Lipinski definition) is 2. The number of aryl methyl sites for hydroxylation is 1. The Morgan fingerprint density at radius 1 is 1.21 bits per heavy atom. The predicted molar refractivity (Wildman–Crippen MR) is 94.8 cm³/mol. The van der Waals surface area contributed by atoms with Crippen LogP contribution in [0.2, 0.25) is 0 Å². The SMILES string of the molecule is COc1ccc(C)cc1NC(=O)c1ccc(NCCN(C)C)nn1. The van der Waals surface area contributed by atoms with Gasteiger partial charge in [0.05, 0.1) is 12.8 Å². The van der Waals surface area contributed by atoms with Gasteiger partial charge >= 0.3 is 0 Å². The Balaban J connectivity index is 2.01. The highest BCUT2D eigenvalue weighted by Crippen LogP contribution is 2.25. The molecular formula is C17H23N5O2. The maximum atomic E-state index is 12.3. The standard InChI is InChI=1S/C17H23N5O2/c1-12-5-7-15(24-4)14(11-12)19-17(23)13-6-8-16(21-20-13)18-9-10-22(2)3/h5-8,11H,9-10H2,1-4H3,(H,18,21)(H,19,23). The fourth-order valence-electron chi connectivity index (χ4n) is 2.06. The lowest BCUT2D eigenvalue weighted by Gasteiger charge is -2.11. The minimum absolute atomic E-state index is 0.247. The van der Waals surface area contributed by atoms with Gasteiger partial charge in [-0.15, -0.1) is 10.2 Å². The molecule has 128 valence electrons. The summed E-state index contributed by atoms with van der Waals surface area (Å²) in [5.74, 6) is 0.914. The van der Waals surface area contributed by atoms with Crippen molar-refractivity contribution < 1.29 is 9.53 Å². The van der Waals surface area contributed by atoms with Crippen molar-refractivity contribution in [3.8, 4) is 5.75 Å². The highest BCUT2D eigenvalue weighted by Gasteiger charge is 2.12. The van der Waals surface area contributed by atoms with Gasteiger partial charge in [0.1, 0.15) is 11.6 Å². The van der Waals surface area contributed by atoms with Crippen LogP contribution in [0.1, 0.15) is 16.1 Å². The van der Waals surface area contributed by atoms with Gasteiger partial charge in [0, 0.05) is 13.1 Å². The second-order valence-corrected chi connectivity index (χ2v) is 5.69. The third-order valence-corrected chi connectivity index (χ3v) is 3.37. The number of carbonyl (C=O) groups excluding carboxylic acids is 1. The molecule has 1 aromatic heterocycles. The molecule has 0 atom stereocenters. The van der Waals surface area contributed by atoms with Crippen LogP contribution in [0.15, 0.2) is 30.3 Å². The van der Waals surface area contributed by atoms with Gasteiger partial charge < -0.3 is 20.3 Å². The fraction of sp³-hybridized carbons (Fsp3) is 0.353. The van der Waals surface area contributed by atoms with E-state index in [-0.39, 0.29) is 11.6 Å². The molecule has 2 aromatic rings. The van der Waals surface area contributed by atoms with Gasteiger partial charge in [-0.05, 0) is 50.8 Å². The van der Waals surface area contributed by atoms with E-state index < -0.39 is 0 Å². The number of anilines is 2. The molecule has 0 saturated heterocycles. The van der Waals surface area contributed by atoms with Crippen molar-refractivity contribution in [2.24, 2.45) is 0 Å². The van der Waals surface area contributed by atoms with Crippen molar-refractivity contribution in [2.45, 2.75) is 6.92 Å². The zero-order chi connectivity index (χ0) is 17.5. The van der Waals surface area contributed by atoms with Gasteiger partial charge in [0.15, 0.2) is 5.69 Å². The second-order valence-electron chi connectivity index (χ2n) is 5.69. The van der Waals surface area contributed by atoms with Crippen molar-refractivity contribution in [3.63, 3.8) is 0 Å². The number of hydrogen-bond acceptors (Lipinski definition) is 6. The van der Waals surface area contributed by atoms with E-state index in [4.69, 9.17) is 4.74 Å². The Morgan fingerprint density at radius 2 is 2.00 bits per heavy atom. The van der Waals surface area contributed by atoms with Gasteiger partial charge in [0.2, 0.25) is 0 Å². The average molecular weight is 329 g/mol. The molecule has 1 aromatic carbocycles. The van der Waals surface area contributed by atoms with Crippen LogP contribution in [0.5, 0.6) is 5.75 Å². The highest BCUT2D eigenvalue weighted by molar-refractivity contribution is 6.03. The van der Waals surface area contributed by atoms with Crippen molar-refractivity contribution in [3.05, 3.63) is 41.6 Å². The first kappa shape index (κ1) is 17.7. The number of rotatable bonds is 7. The summed E-state index contributed by atoms with van der Waals surface area (Å²) in [4.78, 5) is 14.4. The molecule has 2 N–H and O–H groups in total. The first-order valence-corrected chi connectivity index (χ1v) is 7.68. The Hall–Kier alpha value is -2.67. The second kappa shape index (κ2) is 8.26. The normalized spacial score (nSPS) is 10.5. The quantitative estimate of drug-likeness (QED) is 0.809. The van der Waals surface area contributed by atoms with Crippen LogP contribution in [0.25, 0.3) is 0 Å².